The maximum absolute atomic E-state index is 12.8. The van der Waals surface area contributed by atoms with Crippen LogP contribution < -0.4 is 14.4 Å². The van der Waals surface area contributed by atoms with Crippen LogP contribution in [0.25, 0.3) is 0 Å². The first-order chi connectivity index (χ1) is 14.5. The van der Waals surface area contributed by atoms with Crippen molar-refractivity contribution < 1.29 is 13.2 Å². The van der Waals surface area contributed by atoms with Crippen molar-refractivity contribution in [1.82, 2.24) is 4.72 Å². The maximum Gasteiger partial charge on any atom is 0.240 e. The Bertz CT molecular complexity index is 983. The summed E-state index contributed by atoms with van der Waals surface area (Å²) in [4.78, 5) is 2.50. The average Bonchev–Trinajstić information content (AvgIpc) is 3.28. The van der Waals surface area contributed by atoms with E-state index in [0.717, 1.165) is 50.2 Å². The monoisotopic (exact) mass is 425 g/mol. The van der Waals surface area contributed by atoms with E-state index in [4.69, 9.17) is 10.00 Å². The largest absolute Gasteiger partial charge is 0.490 e. The second-order valence-electron chi connectivity index (χ2n) is 8.04. The van der Waals surface area contributed by atoms with Crippen LogP contribution in [-0.2, 0) is 10.0 Å². The fraction of sp³-hybridized carbons (Fsp3) is 0.435. The molecule has 2 aliphatic rings. The molecule has 30 heavy (non-hydrogen) atoms. The molecule has 0 aromatic heterocycles. The molecule has 1 saturated heterocycles. The Morgan fingerprint density at radius 1 is 0.933 bits per heavy atom. The second-order valence-corrected chi connectivity index (χ2v) is 9.75. The van der Waals surface area contributed by atoms with Crippen LogP contribution in [0, 0.1) is 11.3 Å². The van der Waals surface area contributed by atoms with E-state index < -0.39 is 10.0 Å². The van der Waals surface area contributed by atoms with Crippen molar-refractivity contribution in [1.29, 1.82) is 5.26 Å². The molecule has 1 aliphatic carbocycles. The zero-order valence-electron chi connectivity index (χ0n) is 17.0. The number of hydrogen-bond acceptors (Lipinski definition) is 5. The number of nitrogens with one attached hydrogen (secondary N) is 1. The molecule has 6 nitrogen and oxygen atoms in total. The Morgan fingerprint density at radius 3 is 2.17 bits per heavy atom. The maximum atomic E-state index is 12.8. The summed E-state index contributed by atoms with van der Waals surface area (Å²) >= 11 is 0. The van der Waals surface area contributed by atoms with Gasteiger partial charge in [-0.3, -0.25) is 0 Å². The van der Waals surface area contributed by atoms with Crippen LogP contribution in [0.15, 0.2) is 53.4 Å². The van der Waals surface area contributed by atoms with Crippen LogP contribution in [-0.4, -0.2) is 33.7 Å². The van der Waals surface area contributed by atoms with E-state index in [1.807, 2.05) is 24.3 Å². The van der Waals surface area contributed by atoms with Crippen molar-refractivity contribution in [2.24, 2.45) is 0 Å². The summed E-state index contributed by atoms with van der Waals surface area (Å²) in [6, 6.07) is 16.3. The number of rotatable bonds is 6. The molecule has 0 spiro atoms. The van der Waals surface area contributed by atoms with Crippen LogP contribution in [0.3, 0.4) is 0 Å². The van der Waals surface area contributed by atoms with Gasteiger partial charge in [-0.1, -0.05) is 0 Å². The smallest absolute Gasteiger partial charge is 0.240 e. The Labute approximate surface area is 178 Å². The average molecular weight is 426 g/mol. The highest BCUT2D eigenvalue weighted by molar-refractivity contribution is 7.89. The fourth-order valence-corrected chi connectivity index (χ4v) is 5.49. The minimum atomic E-state index is -3.56. The highest BCUT2D eigenvalue weighted by Gasteiger charge is 2.25. The molecule has 1 saturated carbocycles. The van der Waals surface area contributed by atoms with Gasteiger partial charge < -0.3 is 9.64 Å². The molecule has 2 aromatic rings. The van der Waals surface area contributed by atoms with Gasteiger partial charge >= 0.3 is 0 Å². The topological polar surface area (TPSA) is 82.4 Å². The predicted octanol–water partition coefficient (Wildman–Crippen LogP) is 3.83. The minimum absolute atomic E-state index is 0.0842. The SMILES string of the molecule is N#Cc1ccc(N2CCC(NS(=O)(=O)c3ccc(OC4CCCC4)cc3)CC2)cc1. The molecule has 1 heterocycles. The van der Waals surface area contributed by atoms with Gasteiger partial charge in [0, 0.05) is 24.8 Å². The molecule has 2 fully saturated rings. The van der Waals surface area contributed by atoms with Crippen LogP contribution in [0.5, 0.6) is 5.75 Å². The minimum Gasteiger partial charge on any atom is -0.490 e. The Hall–Kier alpha value is -2.56. The molecule has 158 valence electrons. The van der Waals surface area contributed by atoms with E-state index in [0.29, 0.717) is 5.56 Å². The Balaban J connectivity index is 1.32. The third-order valence-electron chi connectivity index (χ3n) is 5.92. The van der Waals surface area contributed by atoms with Crippen molar-refractivity contribution in [3.05, 3.63) is 54.1 Å². The number of sulfonamides is 1. The lowest BCUT2D eigenvalue weighted by Gasteiger charge is -2.33. The lowest BCUT2D eigenvalue weighted by Crippen LogP contribution is -2.44. The summed E-state index contributed by atoms with van der Waals surface area (Å²) in [6.07, 6.45) is 6.28. The number of nitrogens with zero attached hydrogens (tertiary/aromatic N) is 2. The first kappa shape index (κ1) is 20.7. The number of benzene rings is 2. The molecule has 2 aromatic carbocycles. The van der Waals surface area contributed by atoms with Crippen molar-refractivity contribution in [2.45, 2.75) is 55.6 Å². The van der Waals surface area contributed by atoms with E-state index in [1.54, 1.807) is 24.3 Å². The third kappa shape index (κ3) is 4.94. The van der Waals surface area contributed by atoms with Gasteiger partial charge in [0.2, 0.25) is 10.0 Å². The van der Waals surface area contributed by atoms with Gasteiger partial charge in [-0.2, -0.15) is 5.26 Å². The van der Waals surface area contributed by atoms with Crippen LogP contribution in [0.2, 0.25) is 0 Å². The van der Waals surface area contributed by atoms with Crippen LogP contribution >= 0.6 is 0 Å². The van der Waals surface area contributed by atoms with E-state index in [-0.39, 0.29) is 17.0 Å². The van der Waals surface area contributed by atoms with Gasteiger partial charge in [-0.05, 0) is 87.1 Å². The Kier molecular flexibility index (Phi) is 6.26. The zero-order valence-corrected chi connectivity index (χ0v) is 17.8. The molecule has 4 rings (SSSR count). The number of nitriles is 1. The van der Waals surface area contributed by atoms with Gasteiger partial charge in [-0.25, -0.2) is 13.1 Å². The van der Waals surface area contributed by atoms with Crippen molar-refractivity contribution in [2.75, 3.05) is 18.0 Å². The standard InChI is InChI=1S/C23H27N3O3S/c24-17-18-5-7-20(8-6-18)26-15-13-19(14-16-26)25-30(27,28)23-11-9-22(10-12-23)29-21-3-1-2-4-21/h5-12,19,21,25H,1-4,13-16H2. The van der Waals surface area contributed by atoms with Gasteiger partial charge in [0.05, 0.1) is 22.6 Å². The Morgan fingerprint density at radius 2 is 1.57 bits per heavy atom. The molecule has 7 heteroatoms. The number of hydrogen-bond donors (Lipinski definition) is 1. The molecular formula is C23H27N3O3S. The lowest BCUT2D eigenvalue weighted by molar-refractivity contribution is 0.210. The molecule has 1 N–H and O–H groups in total. The molecule has 0 bridgehead atoms. The van der Waals surface area contributed by atoms with Crippen LogP contribution in [0.4, 0.5) is 5.69 Å². The van der Waals surface area contributed by atoms with E-state index in [9.17, 15) is 8.42 Å². The molecule has 0 amide bonds. The van der Waals surface area contributed by atoms with Gasteiger partial charge in [0.1, 0.15) is 5.75 Å². The first-order valence-corrected chi connectivity index (χ1v) is 12.1. The molecular weight excluding hydrogens is 398 g/mol. The van der Waals surface area contributed by atoms with Crippen molar-refractivity contribution in [3.8, 4) is 11.8 Å². The number of anilines is 1. The molecule has 1 aliphatic heterocycles. The van der Waals surface area contributed by atoms with Gasteiger partial charge in [0.25, 0.3) is 0 Å². The second kappa shape index (κ2) is 9.07. The lowest BCUT2D eigenvalue weighted by atomic mass is 10.1. The summed E-state index contributed by atoms with van der Waals surface area (Å²) in [7, 11) is -3.56. The molecule has 0 unspecified atom stereocenters. The quantitative estimate of drug-likeness (QED) is 0.761. The summed E-state index contributed by atoms with van der Waals surface area (Å²) < 4.78 is 34.3. The zero-order chi connectivity index (χ0) is 21.0. The highest BCUT2D eigenvalue weighted by Crippen LogP contribution is 2.26. The summed E-state index contributed by atoms with van der Waals surface area (Å²) in [6.45, 7) is 1.54. The number of ether oxygens (including phenoxy) is 1. The predicted molar refractivity (Wildman–Crippen MR) is 116 cm³/mol. The summed E-state index contributed by atoms with van der Waals surface area (Å²) in [5.41, 5.74) is 1.70. The summed E-state index contributed by atoms with van der Waals surface area (Å²) in [5, 5.41) is 8.92. The van der Waals surface area contributed by atoms with Crippen LogP contribution in [0.1, 0.15) is 44.1 Å². The van der Waals surface area contributed by atoms with Gasteiger partial charge in [0.15, 0.2) is 0 Å². The van der Waals surface area contributed by atoms with Gasteiger partial charge in [-0.15, -0.1) is 0 Å². The van der Waals surface area contributed by atoms with E-state index in [1.165, 1.54) is 12.8 Å². The summed E-state index contributed by atoms with van der Waals surface area (Å²) in [5.74, 6) is 0.733. The first-order valence-electron chi connectivity index (χ1n) is 10.6. The fourth-order valence-electron chi connectivity index (χ4n) is 4.19. The third-order valence-corrected chi connectivity index (χ3v) is 7.45. The normalized spacial score (nSPS) is 18.3. The highest BCUT2D eigenvalue weighted by atomic mass is 32.2. The van der Waals surface area contributed by atoms with E-state index in [2.05, 4.69) is 15.7 Å². The molecule has 0 radical (unpaired) electrons. The van der Waals surface area contributed by atoms with Crippen molar-refractivity contribution in [3.63, 3.8) is 0 Å². The van der Waals surface area contributed by atoms with Crippen molar-refractivity contribution >= 4 is 15.7 Å². The number of piperidine rings is 1. The molecule has 0 atom stereocenters. The van der Waals surface area contributed by atoms with E-state index >= 15 is 0 Å².